The lowest BCUT2D eigenvalue weighted by Gasteiger charge is -2.06. The van der Waals surface area contributed by atoms with Crippen molar-refractivity contribution in [3.63, 3.8) is 0 Å². The maximum atomic E-state index is 12.7. The zero-order valence-electron chi connectivity index (χ0n) is 8.00. The topological polar surface area (TPSA) is 26.3 Å². The normalized spacial score (nSPS) is 15.1. The van der Waals surface area contributed by atoms with E-state index in [1.807, 2.05) is 0 Å². The second-order valence-electron chi connectivity index (χ2n) is 3.60. The van der Waals surface area contributed by atoms with Crippen molar-refractivity contribution >= 4 is 17.4 Å². The van der Waals surface area contributed by atoms with Gasteiger partial charge in [-0.15, -0.1) is 0 Å². The van der Waals surface area contributed by atoms with Crippen LogP contribution < -0.4 is 4.74 Å². The molecule has 2 nitrogen and oxygen atoms in total. The van der Waals surface area contributed by atoms with Gasteiger partial charge in [0.15, 0.2) is 5.78 Å². The highest BCUT2D eigenvalue weighted by molar-refractivity contribution is 6.32. The highest BCUT2D eigenvalue weighted by Gasteiger charge is 2.29. The Hall–Kier alpha value is -1.09. The van der Waals surface area contributed by atoms with Crippen LogP contribution in [0.3, 0.4) is 0 Å². The molecule has 4 heteroatoms. The third-order valence-corrected chi connectivity index (χ3v) is 2.59. The van der Waals surface area contributed by atoms with Gasteiger partial charge in [-0.2, -0.15) is 0 Å². The largest absolute Gasteiger partial charge is 0.484 e. The van der Waals surface area contributed by atoms with Crippen LogP contribution in [-0.4, -0.2) is 12.4 Å². The fourth-order valence-corrected chi connectivity index (χ4v) is 1.49. The predicted octanol–water partition coefficient (Wildman–Crippen LogP) is 2.84. The second-order valence-corrected chi connectivity index (χ2v) is 4.01. The predicted molar refractivity (Wildman–Crippen MR) is 54.6 cm³/mol. The van der Waals surface area contributed by atoms with E-state index in [4.69, 9.17) is 16.3 Å². The molecule has 0 aliphatic heterocycles. The number of rotatable bonds is 4. The Bertz CT molecular complexity index is 388. The molecule has 0 bridgehead atoms. The van der Waals surface area contributed by atoms with Gasteiger partial charge >= 0.3 is 0 Å². The summed E-state index contributed by atoms with van der Waals surface area (Å²) in [6, 6.07) is 3.85. The molecule has 0 amide bonds. The van der Waals surface area contributed by atoms with E-state index in [1.54, 1.807) is 0 Å². The lowest BCUT2D eigenvalue weighted by Crippen LogP contribution is -2.12. The Balaban J connectivity index is 1.95. The highest BCUT2D eigenvalue weighted by Crippen LogP contribution is 2.30. The van der Waals surface area contributed by atoms with Crippen molar-refractivity contribution in [2.45, 2.75) is 12.8 Å². The van der Waals surface area contributed by atoms with E-state index < -0.39 is 5.82 Å². The van der Waals surface area contributed by atoms with Crippen molar-refractivity contribution < 1.29 is 13.9 Å². The SMILES string of the molecule is O=C(COc1ccc(F)cc1Cl)C1CC1. The van der Waals surface area contributed by atoms with Crippen LogP contribution in [0.5, 0.6) is 5.75 Å². The van der Waals surface area contributed by atoms with Crippen LogP contribution in [0.15, 0.2) is 18.2 Å². The van der Waals surface area contributed by atoms with Gasteiger partial charge in [0.05, 0.1) is 5.02 Å². The Morgan fingerprint density at radius 1 is 1.53 bits per heavy atom. The van der Waals surface area contributed by atoms with E-state index in [0.717, 1.165) is 12.8 Å². The molecule has 1 saturated carbocycles. The summed E-state index contributed by atoms with van der Waals surface area (Å²) in [5, 5.41) is 0.193. The summed E-state index contributed by atoms with van der Waals surface area (Å²) < 4.78 is 17.9. The van der Waals surface area contributed by atoms with Gasteiger partial charge in [0.1, 0.15) is 18.2 Å². The molecular weight excluding hydrogens is 219 g/mol. The quantitative estimate of drug-likeness (QED) is 0.792. The molecule has 0 saturated heterocycles. The number of ether oxygens (including phenoxy) is 1. The minimum absolute atomic E-state index is 0.0238. The summed E-state index contributed by atoms with van der Waals surface area (Å²) in [4.78, 5) is 11.3. The first-order valence-corrected chi connectivity index (χ1v) is 5.15. The standard InChI is InChI=1S/C11H10ClFO2/c12-9-5-8(13)3-4-11(9)15-6-10(14)7-1-2-7/h3-5,7H,1-2,6H2. The van der Waals surface area contributed by atoms with Gasteiger partial charge in [0.25, 0.3) is 0 Å². The summed E-state index contributed by atoms with van der Waals surface area (Å²) in [5.41, 5.74) is 0. The Morgan fingerprint density at radius 3 is 2.87 bits per heavy atom. The van der Waals surface area contributed by atoms with Crippen LogP contribution in [-0.2, 0) is 4.79 Å². The number of carbonyl (C=O) groups is 1. The van der Waals surface area contributed by atoms with Gasteiger partial charge < -0.3 is 4.74 Å². The molecule has 1 aromatic carbocycles. The molecular formula is C11H10ClFO2. The number of hydrogen-bond donors (Lipinski definition) is 0. The van der Waals surface area contributed by atoms with Gasteiger partial charge in [-0.25, -0.2) is 4.39 Å². The molecule has 0 atom stereocenters. The second kappa shape index (κ2) is 4.19. The van der Waals surface area contributed by atoms with Crippen molar-refractivity contribution in [3.8, 4) is 5.75 Å². The van der Waals surface area contributed by atoms with Gasteiger partial charge in [-0.1, -0.05) is 11.6 Å². The molecule has 1 fully saturated rings. The van der Waals surface area contributed by atoms with E-state index in [-0.39, 0.29) is 23.3 Å². The van der Waals surface area contributed by atoms with Crippen LogP contribution in [0, 0.1) is 11.7 Å². The number of hydrogen-bond acceptors (Lipinski definition) is 2. The molecule has 1 aliphatic carbocycles. The number of halogens is 2. The van der Waals surface area contributed by atoms with Gasteiger partial charge in [0, 0.05) is 5.92 Å². The van der Waals surface area contributed by atoms with Crippen LogP contribution in [0.4, 0.5) is 4.39 Å². The van der Waals surface area contributed by atoms with Gasteiger partial charge in [-0.05, 0) is 31.0 Å². The highest BCUT2D eigenvalue weighted by atomic mass is 35.5. The third-order valence-electron chi connectivity index (χ3n) is 2.30. The molecule has 0 heterocycles. The van der Waals surface area contributed by atoms with Crippen LogP contribution >= 0.6 is 11.6 Å². The van der Waals surface area contributed by atoms with Crippen molar-refractivity contribution in [1.29, 1.82) is 0 Å². The Morgan fingerprint density at radius 2 is 2.27 bits per heavy atom. The maximum Gasteiger partial charge on any atom is 0.173 e. The van der Waals surface area contributed by atoms with E-state index in [2.05, 4.69) is 0 Å². The zero-order chi connectivity index (χ0) is 10.8. The van der Waals surface area contributed by atoms with E-state index in [1.165, 1.54) is 18.2 Å². The number of ketones is 1. The monoisotopic (exact) mass is 228 g/mol. The summed E-state index contributed by atoms with van der Waals surface area (Å²) in [5.74, 6) is 0.201. The summed E-state index contributed by atoms with van der Waals surface area (Å²) >= 11 is 5.73. The average molecular weight is 229 g/mol. The summed E-state index contributed by atoms with van der Waals surface area (Å²) in [7, 11) is 0. The molecule has 15 heavy (non-hydrogen) atoms. The zero-order valence-corrected chi connectivity index (χ0v) is 8.76. The van der Waals surface area contributed by atoms with Crippen LogP contribution in [0.2, 0.25) is 5.02 Å². The molecule has 0 radical (unpaired) electrons. The van der Waals surface area contributed by atoms with Gasteiger partial charge in [-0.3, -0.25) is 4.79 Å². The molecule has 1 aliphatic rings. The van der Waals surface area contributed by atoms with Crippen LogP contribution in [0.1, 0.15) is 12.8 Å². The smallest absolute Gasteiger partial charge is 0.173 e. The first kappa shape index (κ1) is 10.4. The molecule has 0 N–H and O–H groups in total. The minimum atomic E-state index is -0.416. The number of Topliss-reactive ketones (excluding diaryl/α,β-unsaturated/α-hetero) is 1. The van der Waals surface area contributed by atoms with Crippen LogP contribution in [0.25, 0.3) is 0 Å². The summed E-state index contributed by atoms with van der Waals surface area (Å²) in [6.07, 6.45) is 1.92. The first-order chi connectivity index (χ1) is 7.16. The first-order valence-electron chi connectivity index (χ1n) is 4.77. The molecule has 1 aromatic rings. The lowest BCUT2D eigenvalue weighted by atomic mass is 10.3. The fraction of sp³-hybridized carbons (Fsp3) is 0.364. The number of benzene rings is 1. The Labute approximate surface area is 92.0 Å². The molecule has 80 valence electrons. The summed E-state index contributed by atoms with van der Waals surface area (Å²) in [6.45, 7) is 0.0238. The van der Waals surface area contributed by atoms with Gasteiger partial charge in [0.2, 0.25) is 0 Å². The Kier molecular flexibility index (Phi) is 2.91. The third kappa shape index (κ3) is 2.69. The minimum Gasteiger partial charge on any atom is -0.484 e. The molecule has 0 spiro atoms. The van der Waals surface area contributed by atoms with E-state index in [9.17, 15) is 9.18 Å². The molecule has 0 aromatic heterocycles. The fourth-order valence-electron chi connectivity index (χ4n) is 1.26. The average Bonchev–Trinajstić information content (AvgIpc) is 2.99. The van der Waals surface area contributed by atoms with E-state index in [0.29, 0.717) is 5.75 Å². The van der Waals surface area contributed by atoms with Crippen molar-refractivity contribution in [2.75, 3.05) is 6.61 Å². The number of carbonyl (C=O) groups excluding carboxylic acids is 1. The van der Waals surface area contributed by atoms with Crippen molar-refractivity contribution in [2.24, 2.45) is 5.92 Å². The molecule has 0 unspecified atom stereocenters. The van der Waals surface area contributed by atoms with Crippen molar-refractivity contribution in [1.82, 2.24) is 0 Å². The van der Waals surface area contributed by atoms with E-state index >= 15 is 0 Å². The molecule has 2 rings (SSSR count). The maximum absolute atomic E-state index is 12.7. The van der Waals surface area contributed by atoms with Crippen molar-refractivity contribution in [3.05, 3.63) is 29.0 Å². The lowest BCUT2D eigenvalue weighted by molar-refractivity contribution is -0.122.